The van der Waals surface area contributed by atoms with E-state index in [9.17, 15) is 14.0 Å². The molecule has 1 N–H and O–H groups in total. The summed E-state index contributed by atoms with van der Waals surface area (Å²) in [5.41, 5.74) is 0.202. The van der Waals surface area contributed by atoms with E-state index in [1.54, 1.807) is 12.1 Å². The summed E-state index contributed by atoms with van der Waals surface area (Å²) in [5, 5.41) is 2.63. The maximum atomic E-state index is 13.8. The van der Waals surface area contributed by atoms with Crippen molar-refractivity contribution in [2.75, 3.05) is 57.7 Å². The highest BCUT2D eigenvalue weighted by Crippen LogP contribution is 2.21. The summed E-state index contributed by atoms with van der Waals surface area (Å²) in [6, 6.07) is 4.59. The van der Waals surface area contributed by atoms with Gasteiger partial charge in [0.25, 0.3) is 0 Å². The second-order valence-electron chi connectivity index (χ2n) is 8.78. The number of hydrogen-bond acceptors (Lipinski definition) is 4. The molecule has 2 fully saturated rings. The molecule has 166 valence electrons. The molecule has 2 amide bonds. The summed E-state index contributed by atoms with van der Waals surface area (Å²) in [7, 11) is 0. The number of anilines is 1. The van der Waals surface area contributed by atoms with E-state index in [4.69, 9.17) is 0 Å². The smallest absolute Gasteiger partial charge is 0.236 e. The number of nitrogens with zero attached hydrogens (tertiary/aromatic N) is 3. The number of benzene rings is 1. The zero-order chi connectivity index (χ0) is 21.7. The van der Waals surface area contributed by atoms with E-state index >= 15 is 0 Å². The topological polar surface area (TPSA) is 55.9 Å². The lowest BCUT2D eigenvalue weighted by atomic mass is 9.92. The number of amides is 2. The van der Waals surface area contributed by atoms with Crippen LogP contribution in [0.2, 0.25) is 0 Å². The molecule has 2 unspecified atom stereocenters. The van der Waals surface area contributed by atoms with Gasteiger partial charge in [0.15, 0.2) is 0 Å². The van der Waals surface area contributed by atoms with Crippen molar-refractivity contribution in [3.63, 3.8) is 0 Å². The van der Waals surface area contributed by atoms with Crippen molar-refractivity contribution in [1.82, 2.24) is 14.7 Å². The molecule has 0 spiro atoms. The minimum Gasteiger partial charge on any atom is -0.341 e. The van der Waals surface area contributed by atoms with Gasteiger partial charge >= 0.3 is 0 Å². The Morgan fingerprint density at radius 2 is 1.73 bits per heavy atom. The molecule has 2 atom stereocenters. The van der Waals surface area contributed by atoms with Gasteiger partial charge < -0.3 is 15.1 Å². The highest BCUT2D eigenvalue weighted by Gasteiger charge is 2.27. The van der Waals surface area contributed by atoms with E-state index in [2.05, 4.69) is 44.9 Å². The number of piperidine rings is 1. The molecule has 0 saturated carbocycles. The molecule has 1 aromatic rings. The Bertz CT molecular complexity index is 745. The van der Waals surface area contributed by atoms with Crippen molar-refractivity contribution in [3.05, 3.63) is 28.5 Å². The Labute approximate surface area is 186 Å². The molecule has 3 rings (SSSR count). The molecule has 8 heteroatoms. The second-order valence-corrected chi connectivity index (χ2v) is 9.70. The fourth-order valence-electron chi connectivity index (χ4n) is 4.39. The molecule has 30 heavy (non-hydrogen) atoms. The number of hydrogen-bond donors (Lipinski definition) is 1. The number of carbonyl (C=O) groups is 2. The standard InChI is InChI=1S/C22H32BrFN4O2/c1-16-11-17(2)14-28(13-16)22(30)15-27-9-7-26(8-10-27)6-5-21(29)25-20-4-3-18(23)12-19(20)24/h3-4,12,16-17H,5-11,13-15H2,1-2H3,(H,25,29). The summed E-state index contributed by atoms with van der Waals surface area (Å²) in [6.45, 7) is 10.6. The van der Waals surface area contributed by atoms with E-state index in [0.717, 1.165) is 39.3 Å². The SMILES string of the molecule is CC1CC(C)CN(C(=O)CN2CCN(CCC(=O)Nc3ccc(Br)cc3F)CC2)C1. The Hall–Kier alpha value is -1.51. The zero-order valence-corrected chi connectivity index (χ0v) is 19.5. The first kappa shape index (κ1) is 23.2. The van der Waals surface area contributed by atoms with Crippen LogP contribution in [0, 0.1) is 17.7 Å². The van der Waals surface area contributed by atoms with Crippen LogP contribution in [-0.2, 0) is 9.59 Å². The minimum absolute atomic E-state index is 0.192. The fraction of sp³-hybridized carbons (Fsp3) is 0.636. The predicted octanol–water partition coefficient (Wildman–Crippen LogP) is 3.04. The third kappa shape index (κ3) is 6.75. The monoisotopic (exact) mass is 482 g/mol. The number of piperazine rings is 1. The van der Waals surface area contributed by atoms with Gasteiger partial charge in [0.05, 0.1) is 12.2 Å². The summed E-state index contributed by atoms with van der Waals surface area (Å²) in [4.78, 5) is 31.3. The van der Waals surface area contributed by atoms with Crippen LogP contribution in [0.3, 0.4) is 0 Å². The Kier molecular flexibility index (Phi) is 8.25. The maximum Gasteiger partial charge on any atom is 0.236 e. The predicted molar refractivity (Wildman–Crippen MR) is 120 cm³/mol. The Morgan fingerprint density at radius 3 is 2.37 bits per heavy atom. The van der Waals surface area contributed by atoms with Crippen LogP contribution in [0.15, 0.2) is 22.7 Å². The lowest BCUT2D eigenvalue weighted by molar-refractivity contribution is -0.135. The van der Waals surface area contributed by atoms with Crippen molar-refractivity contribution >= 4 is 33.4 Å². The number of rotatable bonds is 6. The van der Waals surface area contributed by atoms with Crippen LogP contribution in [0.1, 0.15) is 26.7 Å². The van der Waals surface area contributed by atoms with Crippen molar-refractivity contribution in [1.29, 1.82) is 0 Å². The highest BCUT2D eigenvalue weighted by atomic mass is 79.9. The first-order valence-corrected chi connectivity index (χ1v) is 11.6. The van der Waals surface area contributed by atoms with Gasteiger partial charge in [0.2, 0.25) is 11.8 Å². The number of likely N-dealkylation sites (tertiary alicyclic amines) is 1. The minimum atomic E-state index is -0.450. The zero-order valence-electron chi connectivity index (χ0n) is 17.9. The molecule has 2 heterocycles. The van der Waals surface area contributed by atoms with Gasteiger partial charge in [0, 0.05) is 56.7 Å². The van der Waals surface area contributed by atoms with Crippen LogP contribution < -0.4 is 5.32 Å². The molecular weight excluding hydrogens is 451 g/mol. The molecule has 6 nitrogen and oxygen atoms in total. The van der Waals surface area contributed by atoms with Gasteiger partial charge in [-0.05, 0) is 36.5 Å². The van der Waals surface area contributed by atoms with Crippen molar-refractivity contribution < 1.29 is 14.0 Å². The lowest BCUT2D eigenvalue weighted by Crippen LogP contribution is -2.52. The fourth-order valence-corrected chi connectivity index (χ4v) is 4.73. The molecule has 2 saturated heterocycles. The number of halogens is 2. The van der Waals surface area contributed by atoms with Crippen molar-refractivity contribution in [2.24, 2.45) is 11.8 Å². The normalized spacial score (nSPS) is 23.4. The molecular formula is C22H32BrFN4O2. The van der Waals surface area contributed by atoms with Gasteiger partial charge in [-0.15, -0.1) is 0 Å². The van der Waals surface area contributed by atoms with Crippen LogP contribution in [-0.4, -0.2) is 78.9 Å². The van der Waals surface area contributed by atoms with Gasteiger partial charge in [0.1, 0.15) is 5.82 Å². The average molecular weight is 483 g/mol. The molecule has 0 radical (unpaired) electrons. The van der Waals surface area contributed by atoms with E-state index in [1.807, 2.05) is 4.90 Å². The quantitative estimate of drug-likeness (QED) is 0.676. The molecule has 1 aromatic carbocycles. The van der Waals surface area contributed by atoms with Crippen LogP contribution in [0.4, 0.5) is 10.1 Å². The second kappa shape index (κ2) is 10.7. The summed E-state index contributed by atoms with van der Waals surface area (Å²) in [6.07, 6.45) is 1.52. The molecule has 0 aliphatic carbocycles. The summed E-state index contributed by atoms with van der Waals surface area (Å²) < 4.78 is 14.5. The summed E-state index contributed by atoms with van der Waals surface area (Å²) >= 11 is 3.21. The Balaban J connectivity index is 1.36. The van der Waals surface area contributed by atoms with E-state index < -0.39 is 5.82 Å². The highest BCUT2D eigenvalue weighted by molar-refractivity contribution is 9.10. The van der Waals surface area contributed by atoms with Gasteiger partial charge in [-0.2, -0.15) is 0 Å². The average Bonchev–Trinajstić information content (AvgIpc) is 2.69. The Morgan fingerprint density at radius 1 is 1.10 bits per heavy atom. The van der Waals surface area contributed by atoms with Gasteiger partial charge in [-0.25, -0.2) is 4.39 Å². The first-order chi connectivity index (χ1) is 14.3. The third-order valence-corrected chi connectivity index (χ3v) is 6.40. The number of carbonyl (C=O) groups excluding carboxylic acids is 2. The molecule has 2 aliphatic heterocycles. The van der Waals surface area contributed by atoms with E-state index in [1.165, 1.54) is 12.5 Å². The van der Waals surface area contributed by atoms with Crippen LogP contribution in [0.5, 0.6) is 0 Å². The molecule has 0 aromatic heterocycles. The lowest BCUT2D eigenvalue weighted by Gasteiger charge is -2.38. The third-order valence-electron chi connectivity index (χ3n) is 5.91. The number of nitrogens with one attached hydrogen (secondary N) is 1. The van der Waals surface area contributed by atoms with Gasteiger partial charge in [-0.1, -0.05) is 29.8 Å². The van der Waals surface area contributed by atoms with E-state index in [0.29, 0.717) is 35.8 Å². The first-order valence-electron chi connectivity index (χ1n) is 10.8. The van der Waals surface area contributed by atoms with Crippen LogP contribution >= 0.6 is 15.9 Å². The van der Waals surface area contributed by atoms with Gasteiger partial charge in [-0.3, -0.25) is 14.5 Å². The van der Waals surface area contributed by atoms with Crippen molar-refractivity contribution in [3.8, 4) is 0 Å². The van der Waals surface area contributed by atoms with Crippen molar-refractivity contribution in [2.45, 2.75) is 26.7 Å². The summed E-state index contributed by atoms with van der Waals surface area (Å²) in [5.74, 6) is 0.742. The molecule has 2 aliphatic rings. The maximum absolute atomic E-state index is 13.8. The largest absolute Gasteiger partial charge is 0.341 e. The van der Waals surface area contributed by atoms with E-state index in [-0.39, 0.29) is 17.5 Å². The molecule has 0 bridgehead atoms. The van der Waals surface area contributed by atoms with Crippen LogP contribution in [0.25, 0.3) is 0 Å².